The van der Waals surface area contributed by atoms with E-state index >= 15 is 0 Å². The van der Waals surface area contributed by atoms with Crippen molar-refractivity contribution in [1.29, 1.82) is 0 Å². The molecule has 0 aliphatic heterocycles. The van der Waals surface area contributed by atoms with Gasteiger partial charge in [0, 0.05) is 18.3 Å². The van der Waals surface area contributed by atoms with Gasteiger partial charge in [-0.15, -0.1) is 0 Å². The van der Waals surface area contributed by atoms with Gasteiger partial charge in [-0.25, -0.2) is 0 Å². The first-order chi connectivity index (χ1) is 8.18. The van der Waals surface area contributed by atoms with E-state index in [-0.39, 0.29) is 11.5 Å². The molecule has 1 aromatic carbocycles. The molecule has 2 rings (SSSR count). The molecule has 3 N–H and O–H groups in total. The van der Waals surface area contributed by atoms with E-state index < -0.39 is 0 Å². The highest BCUT2D eigenvalue weighted by molar-refractivity contribution is 5.51. The Morgan fingerprint density at radius 3 is 2.82 bits per heavy atom. The summed E-state index contributed by atoms with van der Waals surface area (Å²) in [6.07, 6.45) is 3.46. The van der Waals surface area contributed by atoms with Crippen LogP contribution in [0.1, 0.15) is 11.1 Å². The molecule has 0 fully saturated rings. The van der Waals surface area contributed by atoms with Gasteiger partial charge in [-0.05, 0) is 24.6 Å². The van der Waals surface area contributed by atoms with Crippen LogP contribution in [0.5, 0.6) is 11.5 Å². The summed E-state index contributed by atoms with van der Waals surface area (Å²) in [5, 5.41) is 22.2. The molecule has 0 spiro atoms. The molecule has 17 heavy (non-hydrogen) atoms. The lowest BCUT2D eigenvalue weighted by Gasteiger charge is -2.10. The lowest BCUT2D eigenvalue weighted by atomic mass is 10.1. The number of nitrogens with zero attached hydrogens (tertiary/aromatic N) is 1. The second-order valence-corrected chi connectivity index (χ2v) is 3.83. The van der Waals surface area contributed by atoms with Crippen LogP contribution in [-0.4, -0.2) is 15.2 Å². The van der Waals surface area contributed by atoms with E-state index in [0.717, 1.165) is 11.3 Å². The van der Waals surface area contributed by atoms with Crippen molar-refractivity contribution >= 4 is 5.69 Å². The molecule has 1 heterocycles. The average molecular weight is 230 g/mol. The van der Waals surface area contributed by atoms with Gasteiger partial charge in [0.1, 0.15) is 0 Å². The number of nitrogens with one attached hydrogen (secondary N) is 1. The quantitative estimate of drug-likeness (QED) is 0.708. The summed E-state index contributed by atoms with van der Waals surface area (Å²) in [4.78, 5) is 4.02. The predicted molar refractivity (Wildman–Crippen MR) is 66.1 cm³/mol. The molecule has 0 amide bonds. The Labute approximate surface area is 99.6 Å². The number of hydrogen-bond acceptors (Lipinski definition) is 4. The van der Waals surface area contributed by atoms with E-state index in [4.69, 9.17) is 0 Å². The third-order valence-electron chi connectivity index (χ3n) is 2.61. The fraction of sp³-hybridized carbons (Fsp3) is 0.154. The van der Waals surface area contributed by atoms with Crippen molar-refractivity contribution in [1.82, 2.24) is 4.98 Å². The number of benzene rings is 1. The number of para-hydroxylation sites is 1. The molecule has 0 saturated carbocycles. The minimum absolute atomic E-state index is 0.0819. The maximum atomic E-state index is 9.64. The number of aryl methyl sites for hydroxylation is 1. The van der Waals surface area contributed by atoms with E-state index in [9.17, 15) is 10.2 Å². The van der Waals surface area contributed by atoms with E-state index in [1.165, 1.54) is 6.07 Å². The van der Waals surface area contributed by atoms with Crippen LogP contribution < -0.4 is 5.32 Å². The first-order valence-electron chi connectivity index (χ1n) is 5.33. The van der Waals surface area contributed by atoms with Crippen LogP contribution in [0.2, 0.25) is 0 Å². The summed E-state index contributed by atoms with van der Waals surface area (Å²) < 4.78 is 0. The topological polar surface area (TPSA) is 65.4 Å². The zero-order chi connectivity index (χ0) is 12.3. The molecule has 2 aromatic rings. The molecule has 88 valence electrons. The van der Waals surface area contributed by atoms with Crippen LogP contribution in [0.25, 0.3) is 0 Å². The monoisotopic (exact) mass is 230 g/mol. The molecule has 0 saturated heterocycles. The highest BCUT2D eigenvalue weighted by Gasteiger charge is 2.05. The van der Waals surface area contributed by atoms with Crippen LogP contribution in [0.3, 0.4) is 0 Å². The van der Waals surface area contributed by atoms with Gasteiger partial charge in [-0.1, -0.05) is 12.1 Å². The van der Waals surface area contributed by atoms with Crippen molar-refractivity contribution in [3.8, 4) is 11.5 Å². The smallest absolute Gasteiger partial charge is 0.162 e. The Kier molecular flexibility index (Phi) is 3.14. The van der Waals surface area contributed by atoms with Crippen LogP contribution in [-0.2, 0) is 6.54 Å². The van der Waals surface area contributed by atoms with E-state index in [1.807, 2.05) is 13.0 Å². The number of anilines is 1. The molecule has 1 aromatic heterocycles. The van der Waals surface area contributed by atoms with Crippen LogP contribution >= 0.6 is 0 Å². The third kappa shape index (κ3) is 2.47. The number of rotatable bonds is 3. The summed E-state index contributed by atoms with van der Waals surface area (Å²) in [5.41, 5.74) is 2.64. The summed E-state index contributed by atoms with van der Waals surface area (Å²) in [7, 11) is 0. The maximum absolute atomic E-state index is 9.64. The first-order valence-corrected chi connectivity index (χ1v) is 5.33. The number of aromatic nitrogens is 1. The molecule has 0 radical (unpaired) electrons. The zero-order valence-corrected chi connectivity index (χ0v) is 9.51. The van der Waals surface area contributed by atoms with Crippen LogP contribution in [0.15, 0.2) is 36.7 Å². The molecule has 0 aliphatic carbocycles. The summed E-state index contributed by atoms with van der Waals surface area (Å²) in [6, 6.07) is 6.81. The van der Waals surface area contributed by atoms with Crippen molar-refractivity contribution in [3.63, 3.8) is 0 Å². The molecule has 0 atom stereocenters. The molecule has 0 bridgehead atoms. The summed E-state index contributed by atoms with van der Waals surface area (Å²) in [5.74, 6) is -0.186. The largest absolute Gasteiger partial charge is 0.504 e. The fourth-order valence-electron chi connectivity index (χ4n) is 1.56. The second kappa shape index (κ2) is 4.74. The Bertz CT molecular complexity index is 527. The number of pyridine rings is 1. The van der Waals surface area contributed by atoms with Gasteiger partial charge in [0.25, 0.3) is 0 Å². The number of phenolic OH excluding ortho intramolecular Hbond substituents is 2. The number of phenols is 2. The van der Waals surface area contributed by atoms with Gasteiger partial charge in [0.05, 0.1) is 11.9 Å². The van der Waals surface area contributed by atoms with Gasteiger partial charge in [-0.3, -0.25) is 4.98 Å². The Balaban J connectivity index is 2.13. The Morgan fingerprint density at radius 2 is 2.06 bits per heavy atom. The summed E-state index contributed by atoms with van der Waals surface area (Å²) in [6.45, 7) is 2.42. The number of hydrogen-bond donors (Lipinski definition) is 3. The van der Waals surface area contributed by atoms with Gasteiger partial charge < -0.3 is 15.5 Å². The van der Waals surface area contributed by atoms with Crippen molar-refractivity contribution in [2.24, 2.45) is 0 Å². The first kappa shape index (κ1) is 11.3. The summed E-state index contributed by atoms with van der Waals surface area (Å²) >= 11 is 0. The average Bonchev–Trinajstić information content (AvgIpc) is 2.33. The Morgan fingerprint density at radius 1 is 1.24 bits per heavy atom. The standard InChI is InChI=1S/C13H14N2O2/c1-9-5-6-14-8-11(9)15-7-10-3-2-4-12(16)13(10)17/h2-6,8,15-17H,7H2,1H3. The molecular formula is C13H14N2O2. The van der Waals surface area contributed by atoms with Gasteiger partial charge in [0.15, 0.2) is 11.5 Å². The van der Waals surface area contributed by atoms with Gasteiger partial charge in [-0.2, -0.15) is 0 Å². The lowest BCUT2D eigenvalue weighted by molar-refractivity contribution is 0.400. The number of aromatic hydroxyl groups is 2. The van der Waals surface area contributed by atoms with Crippen molar-refractivity contribution < 1.29 is 10.2 Å². The highest BCUT2D eigenvalue weighted by Crippen LogP contribution is 2.28. The van der Waals surface area contributed by atoms with Gasteiger partial charge in [0.2, 0.25) is 0 Å². The molecule has 4 heteroatoms. The maximum Gasteiger partial charge on any atom is 0.162 e. The van der Waals surface area contributed by atoms with Crippen LogP contribution in [0.4, 0.5) is 5.69 Å². The van der Waals surface area contributed by atoms with Crippen molar-refractivity contribution in [2.45, 2.75) is 13.5 Å². The van der Waals surface area contributed by atoms with Crippen molar-refractivity contribution in [2.75, 3.05) is 5.32 Å². The minimum atomic E-state index is -0.104. The molecule has 0 aliphatic rings. The normalized spacial score (nSPS) is 10.2. The second-order valence-electron chi connectivity index (χ2n) is 3.83. The van der Waals surface area contributed by atoms with E-state index in [0.29, 0.717) is 12.1 Å². The minimum Gasteiger partial charge on any atom is -0.504 e. The predicted octanol–water partition coefficient (Wildman–Crippen LogP) is 2.41. The molecular weight excluding hydrogens is 216 g/mol. The zero-order valence-electron chi connectivity index (χ0n) is 9.51. The van der Waals surface area contributed by atoms with Gasteiger partial charge >= 0.3 is 0 Å². The van der Waals surface area contributed by atoms with Crippen LogP contribution in [0, 0.1) is 6.92 Å². The Hall–Kier alpha value is -2.23. The molecule has 0 unspecified atom stereocenters. The SMILES string of the molecule is Cc1ccncc1NCc1cccc(O)c1O. The fourth-order valence-corrected chi connectivity index (χ4v) is 1.56. The van der Waals surface area contributed by atoms with E-state index in [2.05, 4.69) is 10.3 Å². The van der Waals surface area contributed by atoms with E-state index in [1.54, 1.807) is 24.5 Å². The van der Waals surface area contributed by atoms with Crippen molar-refractivity contribution in [3.05, 3.63) is 47.8 Å². The molecule has 4 nitrogen and oxygen atoms in total. The highest BCUT2D eigenvalue weighted by atomic mass is 16.3. The third-order valence-corrected chi connectivity index (χ3v) is 2.61. The lowest BCUT2D eigenvalue weighted by Crippen LogP contribution is -2.01.